The smallest absolute Gasteiger partial charge is 0.374 e. The van der Waals surface area contributed by atoms with Crippen molar-refractivity contribution in [3.8, 4) is 0 Å². The van der Waals surface area contributed by atoms with Gasteiger partial charge in [-0.3, -0.25) is 4.79 Å². The zero-order valence-corrected chi connectivity index (χ0v) is 21.7. The number of hydrogen-bond donors (Lipinski definition) is 1. The van der Waals surface area contributed by atoms with E-state index in [1.807, 2.05) is 0 Å². The lowest BCUT2D eigenvalue weighted by atomic mass is 9.85. The van der Waals surface area contributed by atoms with Crippen LogP contribution < -0.4 is 5.32 Å². The van der Waals surface area contributed by atoms with E-state index in [1.54, 1.807) is 0 Å². The van der Waals surface area contributed by atoms with Crippen molar-refractivity contribution in [3.63, 3.8) is 0 Å². The van der Waals surface area contributed by atoms with Gasteiger partial charge in [0.1, 0.15) is 15.7 Å². The van der Waals surface area contributed by atoms with E-state index in [0.29, 0.717) is 5.56 Å². The van der Waals surface area contributed by atoms with Crippen LogP contribution in [-0.4, -0.2) is 43.8 Å². The summed E-state index contributed by atoms with van der Waals surface area (Å²) in [4.78, 5) is 17.3. The number of carbonyl (C=O) groups excluding carboxylic acids is 1. The normalized spacial score (nSPS) is 23.6. The highest BCUT2D eigenvalue weighted by molar-refractivity contribution is 7.91. The second kappa shape index (κ2) is 9.65. The van der Waals surface area contributed by atoms with Crippen LogP contribution in [0.5, 0.6) is 0 Å². The molecule has 1 heterocycles. The minimum absolute atomic E-state index is 0.000630. The summed E-state index contributed by atoms with van der Waals surface area (Å²) in [5.41, 5.74) is -6.43. The monoisotopic (exact) mass is 600 g/mol. The van der Waals surface area contributed by atoms with Crippen LogP contribution in [-0.2, 0) is 26.5 Å². The highest BCUT2D eigenvalue weighted by Crippen LogP contribution is 2.51. The number of nitrogens with zero attached hydrogens (tertiary/aromatic N) is 1. The van der Waals surface area contributed by atoms with Crippen molar-refractivity contribution in [2.75, 3.05) is 6.26 Å². The Morgan fingerprint density at radius 1 is 1.13 bits per heavy atom. The van der Waals surface area contributed by atoms with Gasteiger partial charge in [0.05, 0.1) is 28.0 Å². The largest absolute Gasteiger partial charge is 0.435 e. The summed E-state index contributed by atoms with van der Waals surface area (Å²) in [7, 11) is -3.22. The SMILES string of the molecule is Cc1cc(C2=NO[C@](c3cc(C(F)(F)F)cc(Cl)c3F)(C(F)(F)F)C2)ccc1C(=O)NC1CC(S(C)(=O)=O)C1. The number of carbonyl (C=O) groups is 1. The second-order valence-electron chi connectivity index (χ2n) is 9.57. The molecule has 6 nitrogen and oxygen atoms in total. The molecule has 15 heteroatoms. The molecule has 2 aliphatic rings. The lowest BCUT2D eigenvalue weighted by molar-refractivity contribution is -0.276. The summed E-state index contributed by atoms with van der Waals surface area (Å²) >= 11 is 5.51. The van der Waals surface area contributed by atoms with Crippen molar-refractivity contribution in [1.29, 1.82) is 0 Å². The van der Waals surface area contributed by atoms with E-state index in [4.69, 9.17) is 11.6 Å². The highest BCUT2D eigenvalue weighted by Gasteiger charge is 2.64. The first-order valence-electron chi connectivity index (χ1n) is 11.3. The van der Waals surface area contributed by atoms with Crippen molar-refractivity contribution in [1.82, 2.24) is 5.32 Å². The number of rotatable bonds is 5. The maximum Gasteiger partial charge on any atom is 0.435 e. The van der Waals surface area contributed by atoms with Gasteiger partial charge in [0, 0.05) is 23.4 Å². The molecule has 4 rings (SSSR count). The van der Waals surface area contributed by atoms with Crippen molar-refractivity contribution in [3.05, 3.63) is 69.0 Å². The number of halogens is 8. The molecule has 1 amide bonds. The topological polar surface area (TPSA) is 84.8 Å². The van der Waals surface area contributed by atoms with Crippen LogP contribution in [0.3, 0.4) is 0 Å². The molecule has 2 aromatic rings. The number of oxime groups is 1. The van der Waals surface area contributed by atoms with E-state index >= 15 is 0 Å². The van der Waals surface area contributed by atoms with Crippen LogP contribution in [0.2, 0.25) is 5.02 Å². The van der Waals surface area contributed by atoms with E-state index < -0.39 is 67.3 Å². The predicted octanol–water partition coefficient (Wildman–Crippen LogP) is 5.69. The quantitative estimate of drug-likeness (QED) is 0.447. The summed E-state index contributed by atoms with van der Waals surface area (Å²) in [5, 5.41) is 4.42. The van der Waals surface area contributed by atoms with Crippen molar-refractivity contribution in [2.45, 2.75) is 55.4 Å². The van der Waals surface area contributed by atoms with Crippen LogP contribution in [0, 0.1) is 12.7 Å². The summed E-state index contributed by atoms with van der Waals surface area (Å²) in [5.74, 6) is -2.25. The first-order valence-corrected chi connectivity index (χ1v) is 13.7. The van der Waals surface area contributed by atoms with Gasteiger partial charge in [0.2, 0.25) is 0 Å². The van der Waals surface area contributed by atoms with Gasteiger partial charge in [0.15, 0.2) is 0 Å². The fourth-order valence-electron chi connectivity index (χ4n) is 4.48. The van der Waals surface area contributed by atoms with E-state index in [2.05, 4.69) is 15.3 Å². The lowest BCUT2D eigenvalue weighted by Gasteiger charge is -2.34. The summed E-state index contributed by atoms with van der Waals surface area (Å²) in [6.45, 7) is 1.50. The van der Waals surface area contributed by atoms with Crippen LogP contribution in [0.25, 0.3) is 0 Å². The molecule has 0 saturated heterocycles. The Hall–Kier alpha value is -2.87. The van der Waals surface area contributed by atoms with Gasteiger partial charge >= 0.3 is 12.4 Å². The van der Waals surface area contributed by atoms with Gasteiger partial charge in [0.25, 0.3) is 11.5 Å². The molecule has 1 aliphatic carbocycles. The molecule has 1 fully saturated rings. The van der Waals surface area contributed by atoms with Crippen molar-refractivity contribution in [2.24, 2.45) is 5.16 Å². The van der Waals surface area contributed by atoms with Crippen molar-refractivity contribution >= 4 is 33.1 Å². The Balaban J connectivity index is 1.59. The van der Waals surface area contributed by atoms with E-state index in [1.165, 1.54) is 25.1 Å². The minimum atomic E-state index is -5.39. The fraction of sp³-hybridized carbons (Fsp3) is 0.417. The molecule has 0 unspecified atom stereocenters. The predicted molar refractivity (Wildman–Crippen MR) is 127 cm³/mol. The van der Waals surface area contributed by atoms with Crippen LogP contribution >= 0.6 is 11.6 Å². The molecule has 212 valence electrons. The molecule has 1 atom stereocenters. The van der Waals surface area contributed by atoms with Gasteiger partial charge in [-0.2, -0.15) is 26.3 Å². The first kappa shape index (κ1) is 29.1. The van der Waals surface area contributed by atoms with Gasteiger partial charge in [-0.1, -0.05) is 22.8 Å². The molecule has 0 radical (unpaired) electrons. The Morgan fingerprint density at radius 3 is 2.31 bits per heavy atom. The highest BCUT2D eigenvalue weighted by atomic mass is 35.5. The molecular weight excluding hydrogens is 581 g/mol. The fourth-order valence-corrected chi connectivity index (χ4v) is 5.86. The third kappa shape index (κ3) is 5.45. The molecule has 0 bridgehead atoms. The van der Waals surface area contributed by atoms with E-state index in [-0.39, 0.29) is 47.9 Å². The number of amides is 1. The second-order valence-corrected chi connectivity index (χ2v) is 12.3. The first-order chi connectivity index (χ1) is 17.8. The average molecular weight is 601 g/mol. The number of alkyl halides is 6. The molecule has 2 aromatic carbocycles. The van der Waals surface area contributed by atoms with Crippen LogP contribution in [0.15, 0.2) is 35.5 Å². The van der Waals surface area contributed by atoms with Gasteiger partial charge in [-0.05, 0) is 55.2 Å². The number of nitrogens with one attached hydrogen (secondary N) is 1. The molecule has 39 heavy (non-hydrogen) atoms. The van der Waals surface area contributed by atoms with Crippen LogP contribution in [0.4, 0.5) is 30.7 Å². The Kier molecular flexibility index (Phi) is 7.20. The maximum absolute atomic E-state index is 14.8. The Bertz CT molecular complexity index is 1470. The standard InChI is InChI=1S/C24H20ClF7N2O4S/c1-11-5-12(3-4-16(11)21(35)33-14-8-15(9-14)39(2,36)37)19-10-22(38-34-19,24(30,31)32)17-6-13(23(27,28)29)7-18(25)20(17)26/h3-7,14-15H,8-10H2,1-2H3,(H,33,35)/t14?,15?,22-/m1/s1. The van der Waals surface area contributed by atoms with Gasteiger partial charge < -0.3 is 10.2 Å². The van der Waals surface area contributed by atoms with Crippen molar-refractivity contribution < 1.29 is 48.8 Å². The number of sulfone groups is 1. The minimum Gasteiger partial charge on any atom is -0.374 e. The lowest BCUT2D eigenvalue weighted by Crippen LogP contribution is -2.49. The average Bonchev–Trinajstić information content (AvgIpc) is 3.22. The van der Waals surface area contributed by atoms with E-state index in [9.17, 15) is 43.9 Å². The maximum atomic E-state index is 14.8. The number of benzene rings is 2. The zero-order chi connectivity index (χ0) is 29.1. The summed E-state index contributed by atoms with van der Waals surface area (Å²) in [6.07, 6.45) is -10.0. The number of aryl methyl sites for hydroxylation is 1. The summed E-state index contributed by atoms with van der Waals surface area (Å²) in [6, 6.07) is 3.74. The summed E-state index contributed by atoms with van der Waals surface area (Å²) < 4.78 is 120. The van der Waals surface area contributed by atoms with Gasteiger partial charge in [-0.25, -0.2) is 12.8 Å². The molecule has 1 saturated carbocycles. The molecule has 0 spiro atoms. The third-order valence-corrected chi connectivity index (χ3v) is 8.69. The number of hydrogen-bond acceptors (Lipinski definition) is 5. The molecule has 1 aliphatic heterocycles. The van der Waals surface area contributed by atoms with Crippen LogP contribution in [0.1, 0.15) is 51.9 Å². The molecule has 1 N–H and O–H groups in total. The van der Waals surface area contributed by atoms with Gasteiger partial charge in [-0.15, -0.1) is 0 Å². The Labute approximate surface area is 223 Å². The zero-order valence-electron chi connectivity index (χ0n) is 20.2. The molecular formula is C24H20ClF7N2O4S. The third-order valence-electron chi connectivity index (χ3n) is 6.82. The molecule has 0 aromatic heterocycles. The van der Waals surface area contributed by atoms with E-state index in [0.717, 1.165) is 6.26 Å². The Morgan fingerprint density at radius 2 is 1.77 bits per heavy atom.